The summed E-state index contributed by atoms with van der Waals surface area (Å²) in [6.45, 7) is 0. The summed E-state index contributed by atoms with van der Waals surface area (Å²) in [6.07, 6.45) is 11.0. The van der Waals surface area contributed by atoms with Gasteiger partial charge in [-0.1, -0.05) is 18.2 Å². The van der Waals surface area contributed by atoms with E-state index in [-0.39, 0.29) is 0 Å². The lowest BCUT2D eigenvalue weighted by Gasteiger charge is -2.13. The monoisotopic (exact) mass is 443 g/mol. The number of hydrogen-bond donors (Lipinski definition) is 0. The van der Waals surface area contributed by atoms with Crippen molar-refractivity contribution in [3.8, 4) is 34.2 Å². The number of pyridine rings is 3. The third kappa shape index (κ3) is 3.77. The summed E-state index contributed by atoms with van der Waals surface area (Å²) in [7, 11) is -0.479. The van der Waals surface area contributed by atoms with Crippen LogP contribution in [0.2, 0.25) is 0 Å². The normalized spacial score (nSPS) is 10.9. The van der Waals surface area contributed by atoms with Crippen LogP contribution in [-0.2, 0) is 0 Å². The maximum atomic E-state index is 4.80. The Balaban J connectivity index is 1.43. The third-order valence-corrected chi connectivity index (χ3v) is 5.32. The molecule has 6 aromatic rings. The molecule has 9 nitrogen and oxygen atoms in total. The largest absolute Gasteiger partial charge is 0.568 e. The molecule has 162 valence electrons. The fourth-order valence-corrected chi connectivity index (χ4v) is 3.72. The second kappa shape index (κ2) is 8.59. The molecule has 0 unspecified atom stereocenters. The fourth-order valence-electron chi connectivity index (χ4n) is 3.72. The van der Waals surface area contributed by atoms with Crippen LogP contribution in [0.4, 0.5) is 0 Å². The number of nitrogens with zero attached hydrogens (tertiary/aromatic N) is 9. The van der Waals surface area contributed by atoms with Crippen molar-refractivity contribution in [2.45, 2.75) is 0 Å². The van der Waals surface area contributed by atoms with Crippen molar-refractivity contribution >= 4 is 7.12 Å². The van der Waals surface area contributed by atoms with Gasteiger partial charge in [0.05, 0.1) is 17.1 Å². The van der Waals surface area contributed by atoms with Crippen molar-refractivity contribution < 1.29 is 0 Å². The zero-order valence-corrected chi connectivity index (χ0v) is 18.0. The molecule has 6 rings (SSSR count). The van der Waals surface area contributed by atoms with Gasteiger partial charge in [0, 0.05) is 37.2 Å². The highest BCUT2D eigenvalue weighted by Crippen LogP contribution is 2.18. The molecular formula is C24H18BN9. The maximum Gasteiger partial charge on any atom is 0.568 e. The van der Waals surface area contributed by atoms with E-state index in [4.69, 9.17) is 15.3 Å². The summed E-state index contributed by atoms with van der Waals surface area (Å²) >= 11 is 0. The second-order valence-corrected chi connectivity index (χ2v) is 7.53. The van der Waals surface area contributed by atoms with Gasteiger partial charge in [0.1, 0.15) is 17.1 Å². The average Bonchev–Trinajstić information content (AvgIpc) is 3.68. The molecule has 0 aliphatic carbocycles. The van der Waals surface area contributed by atoms with Gasteiger partial charge in [-0.3, -0.25) is 28.7 Å². The van der Waals surface area contributed by atoms with E-state index in [1.807, 2.05) is 105 Å². The molecule has 0 aliphatic rings. The van der Waals surface area contributed by atoms with Gasteiger partial charge in [-0.05, 0) is 54.6 Å². The number of aromatic nitrogens is 9. The Bertz CT molecular complexity index is 1320. The van der Waals surface area contributed by atoms with E-state index in [9.17, 15) is 0 Å². The first-order chi connectivity index (χ1) is 16.8. The molecule has 0 spiro atoms. The van der Waals surface area contributed by atoms with Crippen LogP contribution in [-0.4, -0.2) is 51.1 Å². The highest BCUT2D eigenvalue weighted by Gasteiger charge is 2.29. The molecule has 0 aromatic carbocycles. The highest BCUT2D eigenvalue weighted by atomic mass is 15.4. The van der Waals surface area contributed by atoms with Crippen molar-refractivity contribution in [3.05, 3.63) is 110 Å². The summed E-state index contributed by atoms with van der Waals surface area (Å²) in [5.74, 6) is 0. The predicted molar refractivity (Wildman–Crippen MR) is 128 cm³/mol. The predicted octanol–water partition coefficient (Wildman–Crippen LogP) is 3.39. The molecule has 0 fully saturated rings. The molecule has 6 heterocycles. The smallest absolute Gasteiger partial charge is 0.268 e. The Morgan fingerprint density at radius 3 is 1.06 bits per heavy atom. The Morgan fingerprint density at radius 2 is 0.765 bits per heavy atom. The van der Waals surface area contributed by atoms with Crippen LogP contribution in [0.5, 0.6) is 0 Å². The lowest BCUT2D eigenvalue weighted by Crippen LogP contribution is -2.42. The molecular weight excluding hydrogens is 425 g/mol. The minimum atomic E-state index is -0.479. The summed E-state index contributed by atoms with van der Waals surface area (Å²) in [5.41, 5.74) is 4.68. The van der Waals surface area contributed by atoms with Gasteiger partial charge in [-0.2, -0.15) is 15.3 Å². The van der Waals surface area contributed by atoms with Crippen LogP contribution in [0.25, 0.3) is 34.2 Å². The van der Waals surface area contributed by atoms with Crippen molar-refractivity contribution in [2.75, 3.05) is 0 Å². The first-order valence-electron chi connectivity index (χ1n) is 10.7. The van der Waals surface area contributed by atoms with E-state index >= 15 is 0 Å². The lowest BCUT2D eigenvalue weighted by molar-refractivity contribution is 0.774. The minimum absolute atomic E-state index is 0.479. The Kier molecular flexibility index (Phi) is 5.00. The first kappa shape index (κ1) is 19.8. The van der Waals surface area contributed by atoms with Crippen molar-refractivity contribution in [1.82, 2.24) is 44.0 Å². The van der Waals surface area contributed by atoms with Crippen LogP contribution >= 0.6 is 0 Å². The van der Waals surface area contributed by atoms with Crippen LogP contribution in [0.1, 0.15) is 0 Å². The Labute approximate surface area is 195 Å². The average molecular weight is 443 g/mol. The SMILES string of the molecule is c1ccc(-c2ccn(B(n3ccc(-c4ccccn4)n3)n3ccc(-c4ccccn4)n3)n2)nc1. The molecule has 6 aromatic heterocycles. The number of hydrogen-bond acceptors (Lipinski definition) is 6. The number of rotatable bonds is 6. The summed E-state index contributed by atoms with van der Waals surface area (Å²) in [6, 6.07) is 23.1. The zero-order chi connectivity index (χ0) is 22.7. The maximum absolute atomic E-state index is 4.80. The first-order valence-corrected chi connectivity index (χ1v) is 10.7. The molecule has 0 bridgehead atoms. The van der Waals surface area contributed by atoms with Crippen LogP contribution < -0.4 is 0 Å². The van der Waals surface area contributed by atoms with Gasteiger partial charge >= 0.3 is 7.12 Å². The standard InChI is InChI=1S/C24H18BN9/c1-4-13-26-19(7-1)22-10-16-32(29-22)25(33-17-11-23(30-33)20-8-2-5-14-27-20)34-18-12-24(31-34)21-9-3-6-15-28-21/h1-18H. The zero-order valence-electron chi connectivity index (χ0n) is 18.0. The van der Waals surface area contributed by atoms with E-state index in [1.54, 1.807) is 18.6 Å². The van der Waals surface area contributed by atoms with Gasteiger partial charge in [-0.15, -0.1) is 0 Å². The van der Waals surface area contributed by atoms with Gasteiger partial charge in [0.2, 0.25) is 0 Å². The van der Waals surface area contributed by atoms with Gasteiger partial charge < -0.3 is 0 Å². The molecule has 0 atom stereocenters. The quantitative estimate of drug-likeness (QED) is 0.367. The van der Waals surface area contributed by atoms with Crippen molar-refractivity contribution in [2.24, 2.45) is 0 Å². The van der Waals surface area contributed by atoms with E-state index in [1.165, 1.54) is 0 Å². The molecule has 0 amide bonds. The van der Waals surface area contributed by atoms with Crippen LogP contribution in [0.3, 0.4) is 0 Å². The van der Waals surface area contributed by atoms with E-state index in [0.717, 1.165) is 34.2 Å². The molecule has 0 aliphatic heterocycles. The molecule has 0 radical (unpaired) electrons. The third-order valence-electron chi connectivity index (χ3n) is 5.32. The summed E-state index contributed by atoms with van der Waals surface area (Å²) in [4.78, 5) is 13.3. The fraction of sp³-hybridized carbons (Fsp3) is 0. The van der Waals surface area contributed by atoms with Gasteiger partial charge in [0.25, 0.3) is 0 Å². The Hall–Kier alpha value is -4.86. The molecule has 34 heavy (non-hydrogen) atoms. The van der Waals surface area contributed by atoms with E-state index in [0.29, 0.717) is 0 Å². The lowest BCUT2D eigenvalue weighted by atomic mass is 9.96. The minimum Gasteiger partial charge on any atom is -0.268 e. The van der Waals surface area contributed by atoms with Crippen molar-refractivity contribution in [3.63, 3.8) is 0 Å². The second-order valence-electron chi connectivity index (χ2n) is 7.53. The van der Waals surface area contributed by atoms with Crippen molar-refractivity contribution in [1.29, 1.82) is 0 Å². The van der Waals surface area contributed by atoms with Gasteiger partial charge in [-0.25, -0.2) is 0 Å². The van der Waals surface area contributed by atoms with Crippen LogP contribution in [0, 0.1) is 0 Å². The Morgan fingerprint density at radius 1 is 0.412 bits per heavy atom. The summed E-state index contributed by atoms with van der Waals surface area (Å²) in [5, 5.41) is 14.4. The topological polar surface area (TPSA) is 92.1 Å². The van der Waals surface area contributed by atoms with Gasteiger partial charge in [0.15, 0.2) is 0 Å². The van der Waals surface area contributed by atoms with E-state index in [2.05, 4.69) is 15.0 Å². The highest BCUT2D eigenvalue weighted by molar-refractivity contribution is 6.52. The molecule has 0 saturated heterocycles. The summed E-state index contributed by atoms with van der Waals surface area (Å²) < 4.78 is 5.44. The van der Waals surface area contributed by atoms with Crippen LogP contribution in [0.15, 0.2) is 110 Å². The molecule has 10 heteroatoms. The van der Waals surface area contributed by atoms with E-state index < -0.39 is 7.12 Å². The molecule has 0 N–H and O–H groups in total. The molecule has 0 saturated carbocycles.